The van der Waals surface area contributed by atoms with Crippen molar-refractivity contribution >= 4 is 11.6 Å². The first-order valence-corrected chi connectivity index (χ1v) is 7.88. The molecule has 2 rings (SSSR count). The van der Waals surface area contributed by atoms with Gasteiger partial charge in [0, 0.05) is 5.56 Å². The van der Waals surface area contributed by atoms with Crippen molar-refractivity contribution in [2.75, 3.05) is 0 Å². The third-order valence-corrected chi connectivity index (χ3v) is 4.37. The summed E-state index contributed by atoms with van der Waals surface area (Å²) in [6, 6.07) is 6.22. The Labute approximate surface area is 168 Å². The van der Waals surface area contributed by atoms with Gasteiger partial charge in [0.1, 0.15) is 11.4 Å². The minimum atomic E-state index is -7.99. The van der Waals surface area contributed by atoms with Crippen LogP contribution in [0.25, 0.3) is 11.3 Å². The van der Waals surface area contributed by atoms with E-state index in [0.29, 0.717) is 0 Å². The van der Waals surface area contributed by atoms with Gasteiger partial charge in [-0.3, -0.25) is 5.10 Å². The van der Waals surface area contributed by atoms with Crippen LogP contribution < -0.4 is 0 Å². The molecule has 0 aliphatic heterocycles. The fourth-order valence-electron chi connectivity index (χ4n) is 2.25. The van der Waals surface area contributed by atoms with Crippen LogP contribution in [0.1, 0.15) is 5.69 Å². The summed E-state index contributed by atoms with van der Waals surface area (Å²) < 4.78 is 172. The highest BCUT2D eigenvalue weighted by Crippen LogP contribution is 2.62. The van der Waals surface area contributed by atoms with Crippen LogP contribution in [-0.4, -0.2) is 40.1 Å². The molecule has 1 N–H and O–H groups in total. The number of hydrogen-bond acceptors (Lipinski definition) is 1. The number of H-pyrrole nitrogens is 1. The summed E-state index contributed by atoms with van der Waals surface area (Å²) in [5, 5.41) is 2.69. The molecule has 0 spiro atoms. The predicted molar refractivity (Wildman–Crippen MR) is 78.8 cm³/mol. The van der Waals surface area contributed by atoms with Gasteiger partial charge in [0.2, 0.25) is 0 Å². The molecule has 0 unspecified atom stereocenters. The number of nitrogens with zero attached hydrogens (tertiary/aromatic N) is 1. The van der Waals surface area contributed by atoms with Crippen molar-refractivity contribution in [1.82, 2.24) is 10.2 Å². The summed E-state index contributed by atoms with van der Waals surface area (Å²) in [5.74, 6) is -37.7. The van der Waals surface area contributed by atoms with E-state index in [0.717, 1.165) is 17.2 Å². The van der Waals surface area contributed by atoms with Crippen LogP contribution >= 0.6 is 11.6 Å². The summed E-state index contributed by atoms with van der Waals surface area (Å²) in [5.41, 5.74) is -3.30. The Morgan fingerprint density at radius 2 is 1.10 bits per heavy atom. The highest BCUT2D eigenvalue weighted by Gasteiger charge is 2.91. The monoisotopic (exact) mass is 496 g/mol. The number of rotatable bonds is 6. The Morgan fingerprint density at radius 3 is 1.55 bits per heavy atom. The van der Waals surface area contributed by atoms with Gasteiger partial charge in [-0.1, -0.05) is 41.9 Å². The molecule has 0 amide bonds. The zero-order chi connectivity index (χ0) is 24.3. The Balaban J connectivity index is 2.62. The van der Waals surface area contributed by atoms with E-state index in [1.165, 1.54) is 18.2 Å². The molecule has 0 fully saturated rings. The summed E-state index contributed by atoms with van der Waals surface area (Å²) in [7, 11) is 0. The normalized spacial score (nSPS) is 14.8. The van der Waals surface area contributed by atoms with E-state index in [-0.39, 0.29) is 5.56 Å². The van der Waals surface area contributed by atoms with Crippen molar-refractivity contribution in [2.24, 2.45) is 0 Å². The number of alkyl halides is 13. The lowest BCUT2D eigenvalue weighted by molar-refractivity contribution is -0.442. The third kappa shape index (κ3) is 3.40. The van der Waals surface area contributed by atoms with E-state index >= 15 is 0 Å². The fourth-order valence-corrected chi connectivity index (χ4v) is 2.56. The van der Waals surface area contributed by atoms with Crippen molar-refractivity contribution in [1.29, 1.82) is 0 Å². The molecule has 1 heterocycles. The topological polar surface area (TPSA) is 28.7 Å². The molecule has 0 saturated carbocycles. The number of hydrogen-bond donors (Lipinski definition) is 1. The molecule has 0 radical (unpaired) electrons. The van der Waals surface area contributed by atoms with Gasteiger partial charge < -0.3 is 0 Å². The van der Waals surface area contributed by atoms with E-state index in [1.54, 1.807) is 0 Å². The molecule has 31 heavy (non-hydrogen) atoms. The maximum atomic E-state index is 14.2. The zero-order valence-electron chi connectivity index (χ0n) is 14.1. The van der Waals surface area contributed by atoms with Crippen LogP contribution in [0.3, 0.4) is 0 Å². The van der Waals surface area contributed by atoms with Crippen molar-refractivity contribution in [2.45, 2.75) is 35.8 Å². The molecule has 1 aromatic heterocycles. The van der Waals surface area contributed by atoms with Gasteiger partial charge in [-0.05, 0) is 0 Å². The van der Waals surface area contributed by atoms with E-state index < -0.39 is 52.2 Å². The van der Waals surface area contributed by atoms with Crippen molar-refractivity contribution < 1.29 is 57.1 Å². The molecule has 2 aromatic rings. The Hall–Kier alpha value is -2.19. The number of nitrogens with one attached hydrogen (secondary N) is 1. The average Bonchev–Trinajstić information content (AvgIpc) is 3.03. The fraction of sp³-hybridized carbons (Fsp3) is 0.400. The van der Waals surface area contributed by atoms with Gasteiger partial charge in [-0.2, -0.15) is 62.2 Å². The number of aromatic nitrogens is 2. The largest absolute Gasteiger partial charge is 0.460 e. The van der Waals surface area contributed by atoms with Gasteiger partial charge in [-0.25, -0.2) is 0 Å². The standard InChI is InChI=1S/C15H6ClF13N2/c16-7-8(6-4-2-1-3-5-6)30-31-9(7)10(17,18)11(19,20)12(21,22)13(23,24)14(25,26)15(27,28)29/h1-5H,(H,30,31). The second-order valence-corrected chi connectivity index (χ2v) is 6.37. The molecule has 0 aliphatic carbocycles. The number of aromatic amines is 1. The Morgan fingerprint density at radius 1 is 0.645 bits per heavy atom. The van der Waals surface area contributed by atoms with Crippen LogP contribution in [0.5, 0.6) is 0 Å². The van der Waals surface area contributed by atoms with Crippen molar-refractivity contribution in [3.63, 3.8) is 0 Å². The van der Waals surface area contributed by atoms with Crippen LogP contribution in [0.4, 0.5) is 57.1 Å². The lowest BCUT2D eigenvalue weighted by Crippen LogP contribution is -2.69. The maximum absolute atomic E-state index is 14.2. The smallest absolute Gasteiger partial charge is 0.274 e. The minimum Gasteiger partial charge on any atom is -0.274 e. The molecular formula is C15H6ClF13N2. The second kappa shape index (κ2) is 7.17. The molecule has 1 aromatic carbocycles. The molecule has 0 saturated heterocycles. The maximum Gasteiger partial charge on any atom is 0.460 e. The average molecular weight is 497 g/mol. The summed E-state index contributed by atoms with van der Waals surface area (Å²) >= 11 is 5.41. The van der Waals surface area contributed by atoms with E-state index in [4.69, 9.17) is 11.6 Å². The molecular weight excluding hydrogens is 491 g/mol. The quantitative estimate of drug-likeness (QED) is 0.432. The van der Waals surface area contributed by atoms with Crippen LogP contribution in [0, 0.1) is 0 Å². The minimum absolute atomic E-state index is 0.144. The van der Waals surface area contributed by atoms with Crippen LogP contribution in [-0.2, 0) is 5.92 Å². The highest BCUT2D eigenvalue weighted by atomic mass is 35.5. The van der Waals surface area contributed by atoms with E-state index in [2.05, 4.69) is 5.10 Å². The Bertz CT molecular complexity index is 934. The molecule has 2 nitrogen and oxygen atoms in total. The van der Waals surface area contributed by atoms with Gasteiger partial charge >= 0.3 is 35.8 Å². The third-order valence-electron chi connectivity index (χ3n) is 4.00. The van der Waals surface area contributed by atoms with Gasteiger partial charge in [-0.15, -0.1) is 0 Å². The number of benzene rings is 1. The molecule has 0 bridgehead atoms. The van der Waals surface area contributed by atoms with Gasteiger partial charge in [0.25, 0.3) is 0 Å². The van der Waals surface area contributed by atoms with Crippen molar-refractivity contribution in [3.8, 4) is 11.3 Å². The molecule has 0 atom stereocenters. The first-order chi connectivity index (χ1) is 13.7. The lowest BCUT2D eigenvalue weighted by atomic mass is 9.92. The SMILES string of the molecule is FC(F)(F)C(F)(F)C(F)(F)C(F)(F)C(F)(F)C(F)(F)c1[nH]nc(-c2ccccc2)c1Cl. The Kier molecular flexibility index (Phi) is 5.80. The molecule has 0 aliphatic rings. The van der Waals surface area contributed by atoms with Crippen molar-refractivity contribution in [3.05, 3.63) is 41.0 Å². The van der Waals surface area contributed by atoms with Gasteiger partial charge in [0.05, 0.1) is 5.02 Å². The molecule has 174 valence electrons. The summed E-state index contributed by atoms with van der Waals surface area (Å²) in [6.45, 7) is 0. The summed E-state index contributed by atoms with van der Waals surface area (Å²) in [6.07, 6.45) is -7.47. The van der Waals surface area contributed by atoms with E-state index in [1.807, 2.05) is 0 Å². The first-order valence-electron chi connectivity index (χ1n) is 7.50. The van der Waals surface area contributed by atoms with Crippen LogP contribution in [0.2, 0.25) is 5.02 Å². The van der Waals surface area contributed by atoms with E-state index in [9.17, 15) is 57.1 Å². The molecule has 16 heteroatoms. The van der Waals surface area contributed by atoms with Crippen LogP contribution in [0.15, 0.2) is 30.3 Å². The number of halogens is 14. The van der Waals surface area contributed by atoms with Gasteiger partial charge in [0.15, 0.2) is 0 Å². The summed E-state index contributed by atoms with van der Waals surface area (Å²) in [4.78, 5) is 0. The predicted octanol–water partition coefficient (Wildman–Crippen LogP) is 6.93. The second-order valence-electron chi connectivity index (χ2n) is 6.00. The first kappa shape index (κ1) is 25.1. The lowest BCUT2D eigenvalue weighted by Gasteiger charge is -2.39. The zero-order valence-corrected chi connectivity index (χ0v) is 14.9. The highest BCUT2D eigenvalue weighted by molar-refractivity contribution is 6.33.